The van der Waals surface area contributed by atoms with Crippen molar-refractivity contribution >= 4 is 5.82 Å². The summed E-state index contributed by atoms with van der Waals surface area (Å²) in [5.74, 6) is 0.245. The number of hydrogen-bond acceptors (Lipinski definition) is 4. The van der Waals surface area contributed by atoms with Crippen LogP contribution in [-0.2, 0) is 10.9 Å². The van der Waals surface area contributed by atoms with Crippen LogP contribution in [0.2, 0.25) is 0 Å². The van der Waals surface area contributed by atoms with Crippen LogP contribution in [0.15, 0.2) is 18.3 Å². The van der Waals surface area contributed by atoms with Crippen LogP contribution in [0.4, 0.5) is 19.0 Å². The van der Waals surface area contributed by atoms with E-state index in [9.17, 15) is 18.3 Å². The molecule has 1 atom stereocenters. The van der Waals surface area contributed by atoms with Crippen LogP contribution in [0.1, 0.15) is 19.4 Å². The predicted octanol–water partition coefficient (Wildman–Crippen LogP) is 2.08. The van der Waals surface area contributed by atoms with Crippen molar-refractivity contribution in [2.45, 2.75) is 31.7 Å². The van der Waals surface area contributed by atoms with Crippen LogP contribution < -0.4 is 4.90 Å². The van der Waals surface area contributed by atoms with Crippen molar-refractivity contribution in [3.63, 3.8) is 0 Å². The van der Waals surface area contributed by atoms with Crippen LogP contribution in [0.5, 0.6) is 0 Å². The van der Waals surface area contributed by atoms with Gasteiger partial charge in [0.25, 0.3) is 0 Å². The number of halogens is 3. The second-order valence-electron chi connectivity index (χ2n) is 5.46. The molecular weight excluding hydrogens is 273 g/mol. The molecule has 4 nitrogen and oxygen atoms in total. The molecule has 0 saturated carbocycles. The summed E-state index contributed by atoms with van der Waals surface area (Å²) >= 11 is 0. The Hall–Kier alpha value is -1.34. The van der Waals surface area contributed by atoms with Crippen molar-refractivity contribution < 1.29 is 23.0 Å². The highest BCUT2D eigenvalue weighted by molar-refractivity contribution is 5.43. The quantitative estimate of drug-likeness (QED) is 0.906. The number of anilines is 1. The molecule has 1 aliphatic heterocycles. The lowest BCUT2D eigenvalue weighted by molar-refractivity contribution is -0.137. The number of hydrogen-bond donors (Lipinski definition) is 1. The fourth-order valence-electron chi connectivity index (χ4n) is 2.33. The summed E-state index contributed by atoms with van der Waals surface area (Å²) in [4.78, 5) is 5.71. The molecule has 0 bridgehead atoms. The third kappa shape index (κ3) is 3.40. The second-order valence-corrected chi connectivity index (χ2v) is 5.46. The lowest BCUT2D eigenvalue weighted by Crippen LogP contribution is -2.54. The van der Waals surface area contributed by atoms with Gasteiger partial charge in [0.05, 0.1) is 23.9 Å². The number of ether oxygens (including phenoxy) is 1. The SMILES string of the molecule is CC1(C)CN(c2cc(C(F)(F)F)ccn2)CC(CO)O1. The number of morpholine rings is 1. The third-order valence-electron chi connectivity index (χ3n) is 3.08. The minimum atomic E-state index is -4.39. The summed E-state index contributed by atoms with van der Waals surface area (Å²) in [7, 11) is 0. The Morgan fingerprint density at radius 3 is 2.80 bits per heavy atom. The molecule has 112 valence electrons. The van der Waals surface area contributed by atoms with Gasteiger partial charge in [0.1, 0.15) is 5.82 Å². The fraction of sp³-hybridized carbons (Fsp3) is 0.615. The summed E-state index contributed by atoms with van der Waals surface area (Å²) in [5.41, 5.74) is -1.28. The number of aliphatic hydroxyl groups is 1. The number of aliphatic hydroxyl groups excluding tert-OH is 1. The van der Waals surface area contributed by atoms with Gasteiger partial charge in [-0.1, -0.05) is 0 Å². The van der Waals surface area contributed by atoms with Gasteiger partial charge in [-0.2, -0.15) is 13.2 Å². The molecule has 1 aliphatic rings. The van der Waals surface area contributed by atoms with Crippen molar-refractivity contribution in [1.82, 2.24) is 4.98 Å². The first-order valence-corrected chi connectivity index (χ1v) is 6.28. The molecule has 2 rings (SSSR count). The van der Waals surface area contributed by atoms with Crippen LogP contribution in [0.3, 0.4) is 0 Å². The first kappa shape index (κ1) is 15.1. The first-order valence-electron chi connectivity index (χ1n) is 6.28. The van der Waals surface area contributed by atoms with Crippen molar-refractivity contribution in [2.24, 2.45) is 0 Å². The van der Waals surface area contributed by atoms with Crippen LogP contribution in [-0.4, -0.2) is 41.5 Å². The summed E-state index contributed by atoms with van der Waals surface area (Å²) < 4.78 is 43.8. The van der Waals surface area contributed by atoms with Gasteiger partial charge < -0.3 is 14.7 Å². The van der Waals surface area contributed by atoms with Crippen molar-refractivity contribution in [1.29, 1.82) is 0 Å². The van der Waals surface area contributed by atoms with E-state index in [-0.39, 0.29) is 12.4 Å². The Bertz CT molecular complexity index is 477. The zero-order chi connectivity index (χ0) is 15.0. The smallest absolute Gasteiger partial charge is 0.394 e. The minimum Gasteiger partial charge on any atom is -0.394 e. The standard InChI is InChI=1S/C13H17F3N2O2/c1-12(2)8-18(6-10(7-19)20-12)11-5-9(3-4-17-11)13(14,15)16/h3-5,10,19H,6-8H2,1-2H3. The normalized spacial score (nSPS) is 22.9. The monoisotopic (exact) mass is 290 g/mol. The molecule has 1 fully saturated rings. The molecule has 0 radical (unpaired) electrons. The van der Waals surface area contributed by atoms with Crippen molar-refractivity contribution in [3.05, 3.63) is 23.9 Å². The minimum absolute atomic E-state index is 0.182. The van der Waals surface area contributed by atoms with Gasteiger partial charge in [0, 0.05) is 19.3 Å². The zero-order valence-corrected chi connectivity index (χ0v) is 11.3. The molecule has 1 aromatic rings. The maximum atomic E-state index is 12.7. The van der Waals surface area contributed by atoms with E-state index in [0.717, 1.165) is 18.3 Å². The van der Waals surface area contributed by atoms with E-state index >= 15 is 0 Å². The molecule has 0 aromatic carbocycles. The molecular formula is C13H17F3N2O2. The molecule has 1 saturated heterocycles. The summed E-state index contributed by atoms with van der Waals surface area (Å²) in [5, 5.41) is 9.22. The van der Waals surface area contributed by atoms with Gasteiger partial charge in [0.2, 0.25) is 0 Å². The highest BCUT2D eigenvalue weighted by Gasteiger charge is 2.35. The van der Waals surface area contributed by atoms with Crippen molar-refractivity contribution in [2.75, 3.05) is 24.6 Å². The van der Waals surface area contributed by atoms with Gasteiger partial charge >= 0.3 is 6.18 Å². The molecule has 1 aromatic heterocycles. The van der Waals surface area contributed by atoms with Gasteiger partial charge in [-0.3, -0.25) is 0 Å². The van der Waals surface area contributed by atoms with E-state index in [1.54, 1.807) is 4.90 Å². The van der Waals surface area contributed by atoms with Crippen molar-refractivity contribution in [3.8, 4) is 0 Å². The Morgan fingerprint density at radius 1 is 1.50 bits per heavy atom. The third-order valence-corrected chi connectivity index (χ3v) is 3.08. The maximum Gasteiger partial charge on any atom is 0.416 e. The highest BCUT2D eigenvalue weighted by Crippen LogP contribution is 2.32. The summed E-state index contributed by atoms with van der Waals surface area (Å²) in [6.45, 7) is 4.20. The largest absolute Gasteiger partial charge is 0.416 e. The van der Waals surface area contributed by atoms with E-state index in [1.807, 2.05) is 13.8 Å². The molecule has 20 heavy (non-hydrogen) atoms. The molecule has 0 amide bonds. The van der Waals surface area contributed by atoms with E-state index in [0.29, 0.717) is 13.1 Å². The predicted molar refractivity (Wildman–Crippen MR) is 67.5 cm³/mol. The fourth-order valence-corrected chi connectivity index (χ4v) is 2.33. The van der Waals surface area contributed by atoms with Crippen LogP contribution in [0, 0.1) is 0 Å². The number of nitrogens with zero attached hydrogens (tertiary/aromatic N) is 2. The van der Waals surface area contributed by atoms with E-state index in [2.05, 4.69) is 4.98 Å². The average Bonchev–Trinajstić information content (AvgIpc) is 2.36. The van der Waals surface area contributed by atoms with E-state index in [1.165, 1.54) is 0 Å². The van der Waals surface area contributed by atoms with E-state index < -0.39 is 23.4 Å². The lowest BCUT2D eigenvalue weighted by atomic mass is 10.1. The molecule has 7 heteroatoms. The lowest BCUT2D eigenvalue weighted by Gasteiger charge is -2.42. The van der Waals surface area contributed by atoms with Crippen LogP contribution in [0.25, 0.3) is 0 Å². The maximum absolute atomic E-state index is 12.7. The number of aromatic nitrogens is 1. The Morgan fingerprint density at radius 2 is 2.20 bits per heavy atom. The zero-order valence-electron chi connectivity index (χ0n) is 11.3. The molecule has 2 heterocycles. The van der Waals surface area contributed by atoms with Gasteiger partial charge in [-0.15, -0.1) is 0 Å². The summed E-state index contributed by atoms with van der Waals surface area (Å²) in [6, 6.07) is 1.97. The summed E-state index contributed by atoms with van der Waals surface area (Å²) in [6.07, 6.45) is -3.68. The van der Waals surface area contributed by atoms with E-state index in [4.69, 9.17) is 4.74 Å². The molecule has 1 N–H and O–H groups in total. The molecule has 0 aliphatic carbocycles. The Labute approximate surface area is 115 Å². The van der Waals surface area contributed by atoms with Crippen LogP contribution >= 0.6 is 0 Å². The topological polar surface area (TPSA) is 45.6 Å². The average molecular weight is 290 g/mol. The number of alkyl halides is 3. The van der Waals surface area contributed by atoms with Gasteiger partial charge in [0.15, 0.2) is 0 Å². The number of rotatable bonds is 2. The van der Waals surface area contributed by atoms with Gasteiger partial charge in [-0.05, 0) is 26.0 Å². The van der Waals surface area contributed by atoms with Gasteiger partial charge in [-0.25, -0.2) is 4.98 Å². The Balaban J connectivity index is 2.26. The molecule has 0 spiro atoms. The first-order chi connectivity index (χ1) is 9.21. The second kappa shape index (κ2) is 5.21. The highest BCUT2D eigenvalue weighted by atomic mass is 19.4. The Kier molecular flexibility index (Phi) is 3.93. The number of pyridine rings is 1. The molecule has 1 unspecified atom stereocenters.